The summed E-state index contributed by atoms with van der Waals surface area (Å²) in [7, 11) is -0.971. The van der Waals surface area contributed by atoms with E-state index in [1.54, 1.807) is 29.2 Å². The zero-order valence-corrected chi connectivity index (χ0v) is 20.7. The Balaban J connectivity index is 1.65. The quantitative estimate of drug-likeness (QED) is 0.498. The van der Waals surface area contributed by atoms with Gasteiger partial charge in [-0.1, -0.05) is 31.4 Å². The van der Waals surface area contributed by atoms with Gasteiger partial charge in [0, 0.05) is 19.6 Å². The molecule has 0 heterocycles. The van der Waals surface area contributed by atoms with E-state index >= 15 is 0 Å². The van der Waals surface area contributed by atoms with Crippen LogP contribution in [0.4, 0.5) is 5.69 Å². The summed E-state index contributed by atoms with van der Waals surface area (Å²) < 4.78 is 37.7. The number of sulfonamides is 1. The van der Waals surface area contributed by atoms with Crippen molar-refractivity contribution in [3.63, 3.8) is 0 Å². The van der Waals surface area contributed by atoms with Gasteiger partial charge < -0.3 is 14.4 Å². The van der Waals surface area contributed by atoms with E-state index in [9.17, 15) is 18.0 Å². The highest BCUT2D eigenvalue weighted by Gasteiger charge is 2.26. The fourth-order valence-corrected chi connectivity index (χ4v) is 5.47. The van der Waals surface area contributed by atoms with Crippen LogP contribution in [0.15, 0.2) is 53.4 Å². The summed E-state index contributed by atoms with van der Waals surface area (Å²) in [6.07, 6.45) is 5.36. The van der Waals surface area contributed by atoms with E-state index in [0.29, 0.717) is 18.0 Å². The lowest BCUT2D eigenvalue weighted by atomic mass is 9.94. The average molecular weight is 489 g/mol. The molecule has 2 aromatic carbocycles. The summed E-state index contributed by atoms with van der Waals surface area (Å²) in [6.45, 7) is 2.17. The molecule has 9 heteroatoms. The van der Waals surface area contributed by atoms with Gasteiger partial charge in [-0.05, 0) is 56.2 Å². The van der Waals surface area contributed by atoms with Crippen LogP contribution in [0.1, 0.15) is 49.4 Å². The summed E-state index contributed by atoms with van der Waals surface area (Å²) in [6, 6.07) is 12.5. The van der Waals surface area contributed by atoms with Crippen molar-refractivity contribution in [1.82, 2.24) is 4.90 Å². The molecule has 0 unspecified atom stereocenters. The maximum absolute atomic E-state index is 13.1. The van der Waals surface area contributed by atoms with Crippen molar-refractivity contribution in [3.8, 4) is 5.75 Å². The predicted molar refractivity (Wildman–Crippen MR) is 130 cm³/mol. The van der Waals surface area contributed by atoms with Crippen molar-refractivity contribution in [2.75, 3.05) is 31.6 Å². The number of amides is 1. The van der Waals surface area contributed by atoms with Crippen molar-refractivity contribution >= 4 is 27.6 Å². The minimum absolute atomic E-state index is 0.0167. The van der Waals surface area contributed by atoms with Gasteiger partial charge in [0.15, 0.2) is 6.61 Å². The molecule has 0 N–H and O–H groups in total. The number of carbonyl (C=O) groups excluding carboxylic acids is 2. The molecule has 0 spiro atoms. The third-order valence-electron chi connectivity index (χ3n) is 6.18. The van der Waals surface area contributed by atoms with Crippen molar-refractivity contribution in [2.24, 2.45) is 0 Å². The monoisotopic (exact) mass is 488 g/mol. The number of likely N-dealkylation sites (N-methyl/N-ethyl adjacent to an activating group) is 1. The minimum atomic E-state index is -3.88. The number of benzene rings is 2. The Bertz CT molecular complexity index is 1090. The second-order valence-electron chi connectivity index (χ2n) is 8.22. The van der Waals surface area contributed by atoms with E-state index in [-0.39, 0.29) is 29.0 Å². The zero-order chi connectivity index (χ0) is 24.7. The maximum atomic E-state index is 13.1. The molecule has 0 radical (unpaired) electrons. The van der Waals surface area contributed by atoms with Gasteiger partial charge in [0.25, 0.3) is 15.9 Å². The van der Waals surface area contributed by atoms with Crippen LogP contribution in [0.25, 0.3) is 0 Å². The van der Waals surface area contributed by atoms with E-state index in [2.05, 4.69) is 0 Å². The number of esters is 1. The van der Waals surface area contributed by atoms with Gasteiger partial charge in [-0.2, -0.15) is 0 Å². The van der Waals surface area contributed by atoms with Crippen LogP contribution in [0.2, 0.25) is 0 Å². The lowest BCUT2D eigenvalue weighted by Gasteiger charge is -2.33. The second kappa shape index (κ2) is 11.4. The molecule has 0 aromatic heterocycles. The van der Waals surface area contributed by atoms with Crippen molar-refractivity contribution in [3.05, 3.63) is 54.1 Å². The molecule has 184 valence electrons. The lowest BCUT2D eigenvalue weighted by molar-refractivity contribution is -0.137. The van der Waals surface area contributed by atoms with E-state index in [4.69, 9.17) is 9.47 Å². The van der Waals surface area contributed by atoms with Crippen LogP contribution in [0.3, 0.4) is 0 Å². The molecule has 1 fully saturated rings. The molecule has 2 aromatic rings. The Hall–Kier alpha value is -3.07. The molecule has 0 atom stereocenters. The second-order valence-corrected chi connectivity index (χ2v) is 10.2. The fraction of sp³-hybridized carbons (Fsp3) is 0.440. The largest absolute Gasteiger partial charge is 0.495 e. The van der Waals surface area contributed by atoms with Crippen LogP contribution in [0, 0.1) is 0 Å². The number of para-hydroxylation sites is 2. The molecular weight excluding hydrogens is 456 g/mol. The number of rotatable bonds is 9. The number of nitrogens with zero attached hydrogens (tertiary/aromatic N) is 2. The number of carbonyl (C=O) groups is 2. The van der Waals surface area contributed by atoms with Crippen molar-refractivity contribution in [2.45, 2.75) is 50.0 Å². The smallest absolute Gasteiger partial charge is 0.338 e. The Kier molecular flexibility index (Phi) is 8.55. The van der Waals surface area contributed by atoms with Crippen LogP contribution in [-0.2, 0) is 19.6 Å². The number of methoxy groups -OCH3 is 1. The lowest BCUT2D eigenvalue weighted by Crippen LogP contribution is -2.43. The van der Waals surface area contributed by atoms with Gasteiger partial charge >= 0.3 is 5.97 Å². The van der Waals surface area contributed by atoms with Crippen LogP contribution < -0.4 is 9.04 Å². The number of anilines is 1. The molecule has 1 amide bonds. The predicted octanol–water partition coefficient (Wildman–Crippen LogP) is 3.86. The average Bonchev–Trinajstić information content (AvgIpc) is 2.87. The van der Waals surface area contributed by atoms with Gasteiger partial charge in [0.1, 0.15) is 5.75 Å². The Morgan fingerprint density at radius 1 is 1.00 bits per heavy atom. The molecule has 1 aliphatic carbocycles. The summed E-state index contributed by atoms with van der Waals surface area (Å²) in [5.41, 5.74) is 0.567. The highest BCUT2D eigenvalue weighted by Crippen LogP contribution is 2.31. The molecular formula is C25H32N2O6S. The van der Waals surface area contributed by atoms with E-state index in [1.165, 1.54) is 44.8 Å². The first-order chi connectivity index (χ1) is 16.3. The molecule has 1 aliphatic rings. The van der Waals surface area contributed by atoms with Gasteiger partial charge in [-0.3, -0.25) is 9.10 Å². The summed E-state index contributed by atoms with van der Waals surface area (Å²) in [5, 5.41) is 0. The topological polar surface area (TPSA) is 93.2 Å². The summed E-state index contributed by atoms with van der Waals surface area (Å²) >= 11 is 0. The fourth-order valence-electron chi connectivity index (χ4n) is 4.26. The standard InChI is InChI=1S/C25H32N2O6S/c1-4-27(20-10-6-5-7-11-20)24(28)18-33-25(29)19-14-16-21(17-15-19)34(30,31)26(2)22-12-8-9-13-23(22)32-3/h8-9,12-17,20H,4-7,10-11,18H2,1-3H3. The van der Waals surface area contributed by atoms with Crippen molar-refractivity contribution < 1.29 is 27.5 Å². The van der Waals surface area contributed by atoms with Crippen LogP contribution >= 0.6 is 0 Å². The van der Waals surface area contributed by atoms with Gasteiger partial charge in [-0.15, -0.1) is 0 Å². The number of ether oxygens (including phenoxy) is 2. The zero-order valence-electron chi connectivity index (χ0n) is 19.9. The van der Waals surface area contributed by atoms with Crippen LogP contribution in [0.5, 0.6) is 5.75 Å². The van der Waals surface area contributed by atoms with E-state index < -0.39 is 16.0 Å². The Labute approximate surface area is 201 Å². The first-order valence-corrected chi connectivity index (χ1v) is 12.9. The summed E-state index contributed by atoms with van der Waals surface area (Å²) in [5.74, 6) is -0.455. The van der Waals surface area contributed by atoms with E-state index in [0.717, 1.165) is 30.0 Å². The highest BCUT2D eigenvalue weighted by molar-refractivity contribution is 7.92. The molecule has 3 rings (SSSR count). The molecule has 1 saturated carbocycles. The Morgan fingerprint density at radius 2 is 1.65 bits per heavy atom. The third-order valence-corrected chi connectivity index (χ3v) is 7.96. The molecule has 34 heavy (non-hydrogen) atoms. The number of hydrogen-bond acceptors (Lipinski definition) is 6. The maximum Gasteiger partial charge on any atom is 0.338 e. The molecule has 0 aliphatic heterocycles. The summed E-state index contributed by atoms with van der Waals surface area (Å²) in [4.78, 5) is 26.9. The minimum Gasteiger partial charge on any atom is -0.495 e. The molecule has 8 nitrogen and oxygen atoms in total. The first kappa shape index (κ1) is 25.6. The first-order valence-electron chi connectivity index (χ1n) is 11.5. The Morgan fingerprint density at radius 3 is 2.26 bits per heavy atom. The van der Waals surface area contributed by atoms with Crippen molar-refractivity contribution in [1.29, 1.82) is 0 Å². The highest BCUT2D eigenvalue weighted by atomic mass is 32.2. The molecule has 0 saturated heterocycles. The van der Waals surface area contributed by atoms with E-state index in [1.807, 2.05) is 6.92 Å². The molecule has 0 bridgehead atoms. The normalized spacial score (nSPS) is 14.3. The van der Waals surface area contributed by atoms with Gasteiger partial charge in [0.05, 0.1) is 23.3 Å². The van der Waals surface area contributed by atoms with Crippen LogP contribution in [-0.4, -0.2) is 58.5 Å². The number of hydrogen-bond donors (Lipinski definition) is 0. The SMILES string of the molecule is CCN(C(=O)COC(=O)c1ccc(S(=O)(=O)N(C)c2ccccc2OC)cc1)C1CCCCC1. The third kappa shape index (κ3) is 5.70. The van der Waals surface area contributed by atoms with Gasteiger partial charge in [-0.25, -0.2) is 13.2 Å². The van der Waals surface area contributed by atoms with Gasteiger partial charge in [0.2, 0.25) is 0 Å².